The van der Waals surface area contributed by atoms with E-state index in [1.165, 1.54) is 22.6 Å². The molecule has 6 heteroatoms. The molecule has 1 aliphatic rings. The first-order valence-corrected chi connectivity index (χ1v) is 9.40. The number of thiophene rings is 2. The van der Waals surface area contributed by atoms with Gasteiger partial charge < -0.3 is 10.6 Å². The van der Waals surface area contributed by atoms with Gasteiger partial charge in [-0.25, -0.2) is 4.79 Å². The molecule has 0 saturated carbocycles. The molecule has 0 spiro atoms. The van der Waals surface area contributed by atoms with Crippen LogP contribution < -0.4 is 10.6 Å². The average Bonchev–Trinajstić information content (AvgIpc) is 3.27. The van der Waals surface area contributed by atoms with E-state index in [0.717, 1.165) is 13.1 Å². The van der Waals surface area contributed by atoms with Gasteiger partial charge in [0.25, 0.3) is 0 Å². The smallest absolute Gasteiger partial charge is 0.315 e. The van der Waals surface area contributed by atoms with Crippen molar-refractivity contribution in [2.75, 3.05) is 19.6 Å². The fourth-order valence-electron chi connectivity index (χ4n) is 2.78. The van der Waals surface area contributed by atoms with Crippen molar-refractivity contribution in [3.8, 4) is 0 Å². The van der Waals surface area contributed by atoms with E-state index in [-0.39, 0.29) is 6.03 Å². The number of hydrogen-bond acceptors (Lipinski definition) is 4. The van der Waals surface area contributed by atoms with Gasteiger partial charge in [-0.05, 0) is 48.8 Å². The minimum absolute atomic E-state index is 0.0887. The second-order valence-electron chi connectivity index (χ2n) is 5.42. The van der Waals surface area contributed by atoms with Gasteiger partial charge in [0.1, 0.15) is 0 Å². The Morgan fingerprint density at radius 2 is 1.91 bits per heavy atom. The molecule has 3 heterocycles. The second-order valence-corrected chi connectivity index (χ2v) is 7.43. The highest BCUT2D eigenvalue weighted by Gasteiger charge is 2.24. The summed E-state index contributed by atoms with van der Waals surface area (Å²) in [6.07, 6.45) is 2.51. The van der Waals surface area contributed by atoms with E-state index in [2.05, 4.69) is 33.0 Å². The molecular formula is C16H21N3OS2. The zero-order valence-electron chi connectivity index (χ0n) is 12.5. The Hall–Kier alpha value is -1.37. The van der Waals surface area contributed by atoms with Crippen LogP contribution in [0.2, 0.25) is 0 Å². The van der Waals surface area contributed by atoms with Gasteiger partial charge in [0.15, 0.2) is 0 Å². The molecule has 3 rings (SSSR count). The minimum Gasteiger partial charge on any atom is -0.336 e. The molecule has 2 aromatic rings. The van der Waals surface area contributed by atoms with E-state index in [4.69, 9.17) is 0 Å². The molecule has 2 amide bonds. The first-order valence-electron chi connectivity index (χ1n) is 7.64. The highest BCUT2D eigenvalue weighted by atomic mass is 32.1. The Morgan fingerprint density at radius 1 is 1.14 bits per heavy atom. The predicted octanol–water partition coefficient (Wildman–Crippen LogP) is 3.45. The Balaban J connectivity index is 1.51. The SMILES string of the molecule is O=C(NCc1cccs1)NCC(c1cccs1)N1CCCC1. The Kier molecular flexibility index (Phi) is 5.48. The zero-order chi connectivity index (χ0) is 15.2. The largest absolute Gasteiger partial charge is 0.336 e. The molecule has 1 fully saturated rings. The van der Waals surface area contributed by atoms with Crippen LogP contribution in [-0.4, -0.2) is 30.6 Å². The quantitative estimate of drug-likeness (QED) is 0.849. The lowest BCUT2D eigenvalue weighted by atomic mass is 10.2. The lowest BCUT2D eigenvalue weighted by molar-refractivity contribution is 0.222. The molecule has 0 radical (unpaired) electrons. The van der Waals surface area contributed by atoms with E-state index in [1.54, 1.807) is 22.7 Å². The van der Waals surface area contributed by atoms with Crippen LogP contribution in [0.15, 0.2) is 35.0 Å². The van der Waals surface area contributed by atoms with Crippen LogP contribution in [0.3, 0.4) is 0 Å². The van der Waals surface area contributed by atoms with Gasteiger partial charge in [-0.2, -0.15) is 0 Å². The first-order chi connectivity index (χ1) is 10.8. The molecule has 0 aliphatic carbocycles. The maximum Gasteiger partial charge on any atom is 0.315 e. The molecule has 4 nitrogen and oxygen atoms in total. The number of rotatable bonds is 6. The fraction of sp³-hybridized carbons (Fsp3) is 0.438. The van der Waals surface area contributed by atoms with Crippen molar-refractivity contribution < 1.29 is 4.79 Å². The third kappa shape index (κ3) is 4.09. The molecule has 22 heavy (non-hydrogen) atoms. The number of urea groups is 1. The number of carbonyl (C=O) groups is 1. The summed E-state index contributed by atoms with van der Waals surface area (Å²) in [6, 6.07) is 8.49. The van der Waals surface area contributed by atoms with E-state index < -0.39 is 0 Å². The van der Waals surface area contributed by atoms with Crippen molar-refractivity contribution >= 4 is 28.7 Å². The number of carbonyl (C=O) groups excluding carboxylic acids is 1. The number of hydrogen-bond donors (Lipinski definition) is 2. The Morgan fingerprint density at radius 3 is 2.59 bits per heavy atom. The highest BCUT2D eigenvalue weighted by Crippen LogP contribution is 2.27. The summed E-state index contributed by atoms with van der Waals surface area (Å²) >= 11 is 3.43. The van der Waals surface area contributed by atoms with Crippen molar-refractivity contribution in [2.45, 2.75) is 25.4 Å². The average molecular weight is 335 g/mol. The van der Waals surface area contributed by atoms with Crippen LogP contribution in [0, 0.1) is 0 Å². The Bertz CT molecular complexity index is 562. The van der Waals surface area contributed by atoms with Crippen LogP contribution in [-0.2, 0) is 6.54 Å². The summed E-state index contributed by atoms with van der Waals surface area (Å²) in [5, 5.41) is 10.1. The van der Waals surface area contributed by atoms with E-state index in [1.807, 2.05) is 17.5 Å². The van der Waals surface area contributed by atoms with Crippen molar-refractivity contribution in [1.29, 1.82) is 0 Å². The van der Waals surface area contributed by atoms with Gasteiger partial charge in [-0.15, -0.1) is 22.7 Å². The summed E-state index contributed by atoms with van der Waals surface area (Å²) in [5.41, 5.74) is 0. The van der Waals surface area contributed by atoms with Crippen LogP contribution in [0.5, 0.6) is 0 Å². The maximum absolute atomic E-state index is 12.0. The third-order valence-electron chi connectivity index (χ3n) is 3.91. The fourth-order valence-corrected chi connectivity index (χ4v) is 4.28. The molecule has 1 saturated heterocycles. The van der Waals surface area contributed by atoms with Gasteiger partial charge in [0, 0.05) is 16.3 Å². The van der Waals surface area contributed by atoms with Gasteiger partial charge >= 0.3 is 6.03 Å². The number of nitrogens with one attached hydrogen (secondary N) is 2. The molecule has 1 atom stereocenters. The molecule has 118 valence electrons. The molecule has 2 N–H and O–H groups in total. The maximum atomic E-state index is 12.0. The summed E-state index contributed by atoms with van der Waals surface area (Å²) in [6.45, 7) is 3.51. The van der Waals surface area contributed by atoms with Crippen LogP contribution >= 0.6 is 22.7 Å². The van der Waals surface area contributed by atoms with E-state index in [9.17, 15) is 4.79 Å². The van der Waals surface area contributed by atoms with E-state index in [0.29, 0.717) is 19.1 Å². The molecule has 0 bridgehead atoms. The Labute approximate surface area is 139 Å². The summed E-state index contributed by atoms with van der Waals surface area (Å²) < 4.78 is 0. The van der Waals surface area contributed by atoms with Crippen molar-refractivity contribution in [2.24, 2.45) is 0 Å². The molecule has 1 unspecified atom stereocenters. The number of amides is 2. The van der Waals surface area contributed by atoms with Crippen molar-refractivity contribution in [1.82, 2.24) is 15.5 Å². The molecule has 1 aliphatic heterocycles. The number of nitrogens with zero attached hydrogens (tertiary/aromatic N) is 1. The lowest BCUT2D eigenvalue weighted by Crippen LogP contribution is -2.41. The standard InChI is InChI=1S/C16H21N3OS2/c20-16(17-11-13-5-3-9-21-13)18-12-14(15-6-4-10-22-15)19-7-1-2-8-19/h3-6,9-10,14H,1-2,7-8,11-12H2,(H2,17,18,20). The normalized spacial score (nSPS) is 16.5. The van der Waals surface area contributed by atoms with Crippen LogP contribution in [0.1, 0.15) is 28.6 Å². The summed E-state index contributed by atoms with van der Waals surface area (Å²) in [5.74, 6) is 0. The van der Waals surface area contributed by atoms with E-state index >= 15 is 0 Å². The first kappa shape index (κ1) is 15.5. The zero-order valence-corrected chi connectivity index (χ0v) is 14.1. The van der Waals surface area contributed by atoms with Gasteiger partial charge in [0.05, 0.1) is 12.6 Å². The van der Waals surface area contributed by atoms with Crippen LogP contribution in [0.4, 0.5) is 4.79 Å². The summed E-state index contributed by atoms with van der Waals surface area (Å²) in [4.78, 5) is 17.0. The van der Waals surface area contributed by atoms with Gasteiger partial charge in [0.2, 0.25) is 0 Å². The van der Waals surface area contributed by atoms with Crippen LogP contribution in [0.25, 0.3) is 0 Å². The minimum atomic E-state index is -0.0887. The third-order valence-corrected chi connectivity index (χ3v) is 5.76. The second kappa shape index (κ2) is 7.76. The van der Waals surface area contributed by atoms with Crippen molar-refractivity contribution in [3.63, 3.8) is 0 Å². The predicted molar refractivity (Wildman–Crippen MR) is 92.4 cm³/mol. The topological polar surface area (TPSA) is 44.4 Å². The molecular weight excluding hydrogens is 314 g/mol. The van der Waals surface area contributed by atoms with Gasteiger partial charge in [-0.1, -0.05) is 12.1 Å². The highest BCUT2D eigenvalue weighted by molar-refractivity contribution is 7.10. The summed E-state index contributed by atoms with van der Waals surface area (Å²) in [7, 11) is 0. The lowest BCUT2D eigenvalue weighted by Gasteiger charge is -2.26. The van der Waals surface area contributed by atoms with Gasteiger partial charge in [-0.3, -0.25) is 4.90 Å². The molecule has 0 aromatic carbocycles. The number of likely N-dealkylation sites (tertiary alicyclic amines) is 1. The van der Waals surface area contributed by atoms with Crippen molar-refractivity contribution in [3.05, 3.63) is 44.8 Å². The molecule has 2 aromatic heterocycles. The monoisotopic (exact) mass is 335 g/mol.